The molecule has 0 saturated carbocycles. The number of likely N-dealkylation sites (tertiary alicyclic amines) is 1. The van der Waals surface area contributed by atoms with Gasteiger partial charge in [-0.05, 0) is 38.8 Å². The van der Waals surface area contributed by atoms with Crippen LogP contribution >= 0.6 is 0 Å². The molecule has 0 bridgehead atoms. The Morgan fingerprint density at radius 2 is 2.26 bits per heavy atom. The maximum atomic E-state index is 12.0. The van der Waals surface area contributed by atoms with E-state index in [4.69, 9.17) is 14.6 Å². The fourth-order valence-corrected chi connectivity index (χ4v) is 2.16. The SMILES string of the molecule is CC(C)(C)OC(=O)N1CC[C@H]1COc1cncc(/C=C/CO)c1. The number of nitrogens with zero attached hydrogens (tertiary/aromatic N) is 2. The Bertz CT molecular complexity index is 566. The van der Waals surface area contributed by atoms with Crippen LogP contribution in [0.3, 0.4) is 0 Å². The zero-order valence-electron chi connectivity index (χ0n) is 13.9. The molecule has 126 valence electrons. The van der Waals surface area contributed by atoms with Gasteiger partial charge in [0, 0.05) is 12.7 Å². The van der Waals surface area contributed by atoms with Gasteiger partial charge in [-0.15, -0.1) is 0 Å². The van der Waals surface area contributed by atoms with E-state index in [1.807, 2.05) is 26.8 Å². The van der Waals surface area contributed by atoms with E-state index in [1.54, 1.807) is 29.4 Å². The van der Waals surface area contributed by atoms with E-state index in [-0.39, 0.29) is 18.7 Å². The maximum Gasteiger partial charge on any atom is 0.410 e. The minimum atomic E-state index is -0.491. The summed E-state index contributed by atoms with van der Waals surface area (Å²) in [5.74, 6) is 0.640. The van der Waals surface area contributed by atoms with Gasteiger partial charge in [-0.1, -0.05) is 12.2 Å². The summed E-state index contributed by atoms with van der Waals surface area (Å²) in [6.07, 6.45) is 7.33. The largest absolute Gasteiger partial charge is 0.490 e. The molecule has 0 radical (unpaired) electrons. The number of amides is 1. The number of ether oxygens (including phenoxy) is 2. The normalized spacial score (nSPS) is 17.9. The summed E-state index contributed by atoms with van der Waals surface area (Å²) in [4.78, 5) is 17.8. The monoisotopic (exact) mass is 320 g/mol. The molecule has 2 rings (SSSR count). The van der Waals surface area contributed by atoms with Crippen molar-refractivity contribution in [1.82, 2.24) is 9.88 Å². The Kier molecular flexibility index (Phi) is 5.60. The van der Waals surface area contributed by atoms with Crippen molar-refractivity contribution < 1.29 is 19.4 Å². The van der Waals surface area contributed by atoms with E-state index in [1.165, 1.54) is 0 Å². The molecule has 1 aliphatic rings. The second kappa shape index (κ2) is 7.46. The van der Waals surface area contributed by atoms with Gasteiger partial charge in [0.05, 0.1) is 18.8 Å². The molecule has 1 N–H and O–H groups in total. The third kappa shape index (κ3) is 5.25. The quantitative estimate of drug-likeness (QED) is 0.902. The Balaban J connectivity index is 1.86. The first-order chi connectivity index (χ1) is 10.9. The van der Waals surface area contributed by atoms with Crippen LogP contribution in [0.15, 0.2) is 24.5 Å². The molecule has 0 aliphatic carbocycles. The van der Waals surface area contributed by atoms with Gasteiger partial charge in [0.25, 0.3) is 0 Å². The molecule has 0 aromatic carbocycles. The van der Waals surface area contributed by atoms with Gasteiger partial charge in [-0.25, -0.2) is 4.79 Å². The smallest absolute Gasteiger partial charge is 0.410 e. The molecule has 23 heavy (non-hydrogen) atoms. The van der Waals surface area contributed by atoms with Gasteiger partial charge < -0.3 is 19.5 Å². The highest BCUT2D eigenvalue weighted by Gasteiger charge is 2.35. The Labute approximate surface area is 136 Å². The van der Waals surface area contributed by atoms with E-state index in [2.05, 4.69) is 4.98 Å². The third-order valence-electron chi connectivity index (χ3n) is 3.36. The number of hydrogen-bond donors (Lipinski definition) is 1. The number of carbonyl (C=O) groups is 1. The topological polar surface area (TPSA) is 71.9 Å². The number of pyridine rings is 1. The Hall–Kier alpha value is -2.08. The van der Waals surface area contributed by atoms with E-state index in [0.717, 1.165) is 12.0 Å². The van der Waals surface area contributed by atoms with Crippen molar-refractivity contribution in [3.63, 3.8) is 0 Å². The molecular formula is C17H24N2O4. The van der Waals surface area contributed by atoms with Crippen LogP contribution in [-0.4, -0.2) is 52.5 Å². The molecule has 2 heterocycles. The molecule has 1 atom stereocenters. The number of rotatable bonds is 5. The van der Waals surface area contributed by atoms with Gasteiger partial charge >= 0.3 is 6.09 Å². The van der Waals surface area contributed by atoms with Crippen molar-refractivity contribution in [2.24, 2.45) is 0 Å². The van der Waals surface area contributed by atoms with Crippen molar-refractivity contribution in [3.05, 3.63) is 30.1 Å². The lowest BCUT2D eigenvalue weighted by molar-refractivity contribution is -0.0141. The lowest BCUT2D eigenvalue weighted by Gasteiger charge is -2.40. The van der Waals surface area contributed by atoms with Gasteiger partial charge in [0.2, 0.25) is 0 Å². The van der Waals surface area contributed by atoms with Crippen molar-refractivity contribution in [1.29, 1.82) is 0 Å². The second-order valence-electron chi connectivity index (χ2n) is 6.47. The van der Waals surface area contributed by atoms with Crippen LogP contribution in [0.2, 0.25) is 0 Å². The number of hydrogen-bond acceptors (Lipinski definition) is 5. The summed E-state index contributed by atoms with van der Waals surface area (Å²) in [6.45, 7) is 6.65. The van der Waals surface area contributed by atoms with E-state index in [9.17, 15) is 4.79 Å². The zero-order chi connectivity index (χ0) is 16.9. The molecule has 6 nitrogen and oxygen atoms in total. The molecule has 1 aliphatic heterocycles. The predicted octanol–water partition coefficient (Wildman–Crippen LogP) is 2.48. The molecule has 1 amide bonds. The first-order valence-electron chi connectivity index (χ1n) is 7.74. The predicted molar refractivity (Wildman–Crippen MR) is 87.2 cm³/mol. The number of aromatic nitrogens is 1. The van der Waals surface area contributed by atoms with E-state index in [0.29, 0.717) is 18.9 Å². The molecule has 1 aromatic rings. The molecule has 6 heteroatoms. The van der Waals surface area contributed by atoms with E-state index >= 15 is 0 Å². The summed E-state index contributed by atoms with van der Waals surface area (Å²) < 4.78 is 11.1. The maximum absolute atomic E-state index is 12.0. The van der Waals surface area contributed by atoms with Crippen molar-refractivity contribution in [3.8, 4) is 5.75 Å². The van der Waals surface area contributed by atoms with Crippen LogP contribution in [-0.2, 0) is 4.74 Å². The van der Waals surface area contributed by atoms with Crippen LogP contribution in [0.5, 0.6) is 5.75 Å². The average Bonchev–Trinajstić information content (AvgIpc) is 2.42. The Morgan fingerprint density at radius 1 is 1.48 bits per heavy atom. The fourth-order valence-electron chi connectivity index (χ4n) is 2.16. The first-order valence-corrected chi connectivity index (χ1v) is 7.74. The summed E-state index contributed by atoms with van der Waals surface area (Å²) in [5.41, 5.74) is 0.365. The molecule has 0 spiro atoms. The minimum Gasteiger partial charge on any atom is -0.490 e. The summed E-state index contributed by atoms with van der Waals surface area (Å²) in [6, 6.07) is 1.87. The summed E-state index contributed by atoms with van der Waals surface area (Å²) >= 11 is 0. The van der Waals surface area contributed by atoms with Gasteiger partial charge in [-0.2, -0.15) is 0 Å². The Morgan fingerprint density at radius 3 is 2.87 bits per heavy atom. The molecule has 1 aromatic heterocycles. The van der Waals surface area contributed by atoms with Crippen LogP contribution in [0.25, 0.3) is 6.08 Å². The second-order valence-corrected chi connectivity index (χ2v) is 6.47. The number of carbonyl (C=O) groups excluding carboxylic acids is 1. The van der Waals surface area contributed by atoms with Crippen molar-refractivity contribution in [2.75, 3.05) is 19.8 Å². The molecular weight excluding hydrogens is 296 g/mol. The number of aliphatic hydroxyl groups is 1. The van der Waals surface area contributed by atoms with Crippen LogP contribution in [0.4, 0.5) is 4.79 Å². The summed E-state index contributed by atoms with van der Waals surface area (Å²) in [5, 5.41) is 8.79. The fraction of sp³-hybridized carbons (Fsp3) is 0.529. The summed E-state index contributed by atoms with van der Waals surface area (Å²) in [7, 11) is 0. The number of aliphatic hydroxyl groups excluding tert-OH is 1. The van der Waals surface area contributed by atoms with Gasteiger partial charge in [0.1, 0.15) is 18.0 Å². The highest BCUT2D eigenvalue weighted by Crippen LogP contribution is 2.22. The van der Waals surface area contributed by atoms with Crippen LogP contribution in [0.1, 0.15) is 32.8 Å². The lowest BCUT2D eigenvalue weighted by Crippen LogP contribution is -2.55. The zero-order valence-corrected chi connectivity index (χ0v) is 13.9. The van der Waals surface area contributed by atoms with Gasteiger partial charge in [-0.3, -0.25) is 4.98 Å². The third-order valence-corrected chi connectivity index (χ3v) is 3.36. The highest BCUT2D eigenvalue weighted by molar-refractivity contribution is 5.69. The average molecular weight is 320 g/mol. The lowest BCUT2D eigenvalue weighted by atomic mass is 10.1. The van der Waals surface area contributed by atoms with Crippen LogP contribution < -0.4 is 4.74 Å². The molecule has 0 unspecified atom stereocenters. The standard InChI is InChI=1S/C17H24N2O4/c1-17(2,3)23-16(21)19-7-6-14(19)12-22-15-9-13(5-4-8-20)10-18-11-15/h4-5,9-11,14,20H,6-8,12H2,1-3H3/b5-4+/t14-/m0/s1. The molecule has 1 saturated heterocycles. The minimum absolute atomic E-state index is 0.0159. The van der Waals surface area contributed by atoms with Crippen molar-refractivity contribution in [2.45, 2.75) is 38.8 Å². The van der Waals surface area contributed by atoms with E-state index < -0.39 is 5.60 Å². The first kappa shape index (κ1) is 17.3. The highest BCUT2D eigenvalue weighted by atomic mass is 16.6. The van der Waals surface area contributed by atoms with Gasteiger partial charge in [0.15, 0.2) is 0 Å². The van der Waals surface area contributed by atoms with Crippen molar-refractivity contribution >= 4 is 12.2 Å². The molecule has 1 fully saturated rings. The van der Waals surface area contributed by atoms with Crippen LogP contribution in [0, 0.1) is 0 Å².